The van der Waals surface area contributed by atoms with Crippen molar-refractivity contribution in [2.24, 2.45) is 0 Å². The summed E-state index contributed by atoms with van der Waals surface area (Å²) in [5.74, 6) is 1.19. The Hall–Kier alpha value is -4.02. The van der Waals surface area contributed by atoms with Crippen molar-refractivity contribution in [2.45, 2.75) is 6.04 Å². The SMILES string of the molecule is CNc1ncc(-c2cc3c(c(Nc4ccc(N5CCOCC5)cc4)n2)C(C=O)N(CCN(C)C)C=C3)cn1. The van der Waals surface area contributed by atoms with Crippen molar-refractivity contribution >= 4 is 35.5 Å². The summed E-state index contributed by atoms with van der Waals surface area (Å²) in [4.78, 5) is 32.6. The molecule has 0 radical (unpaired) electrons. The lowest BCUT2D eigenvalue weighted by atomic mass is 9.95. The molecule has 2 aromatic heterocycles. The molecule has 1 atom stereocenters. The third-order valence-corrected chi connectivity index (χ3v) is 6.80. The van der Waals surface area contributed by atoms with Gasteiger partial charge in [0.15, 0.2) is 0 Å². The summed E-state index contributed by atoms with van der Waals surface area (Å²) in [6, 6.07) is 9.86. The molecule has 2 aliphatic rings. The highest BCUT2D eigenvalue weighted by Crippen LogP contribution is 2.37. The summed E-state index contributed by atoms with van der Waals surface area (Å²) in [5, 5.41) is 6.45. The molecular formula is C28H34N8O2. The van der Waals surface area contributed by atoms with E-state index in [-0.39, 0.29) is 0 Å². The smallest absolute Gasteiger partial charge is 0.222 e. The van der Waals surface area contributed by atoms with E-state index in [2.05, 4.69) is 59.6 Å². The molecule has 0 spiro atoms. The zero-order valence-electron chi connectivity index (χ0n) is 22.1. The maximum Gasteiger partial charge on any atom is 0.222 e. The molecule has 10 nitrogen and oxygen atoms in total. The number of rotatable bonds is 9. The Bertz CT molecular complexity index is 1270. The van der Waals surface area contributed by atoms with Crippen LogP contribution in [0.2, 0.25) is 0 Å². The molecule has 0 aliphatic carbocycles. The van der Waals surface area contributed by atoms with Crippen molar-refractivity contribution in [3.63, 3.8) is 0 Å². The van der Waals surface area contributed by atoms with Crippen molar-refractivity contribution in [3.05, 3.63) is 60.1 Å². The zero-order valence-corrected chi connectivity index (χ0v) is 22.1. The number of anilines is 4. The Morgan fingerprint density at radius 3 is 2.53 bits per heavy atom. The van der Waals surface area contributed by atoms with Crippen LogP contribution in [0.1, 0.15) is 17.2 Å². The number of fused-ring (bicyclic) bond motifs is 1. The number of hydrogen-bond donors (Lipinski definition) is 2. The lowest BCUT2D eigenvalue weighted by Gasteiger charge is -2.33. The molecule has 0 bridgehead atoms. The average Bonchev–Trinajstić information content (AvgIpc) is 2.96. The normalized spacial score (nSPS) is 16.9. The fraction of sp³-hybridized carbons (Fsp3) is 0.357. The first kappa shape index (κ1) is 25.6. The van der Waals surface area contributed by atoms with Crippen LogP contribution in [-0.4, -0.2) is 91.6 Å². The van der Waals surface area contributed by atoms with Crippen LogP contribution in [0.5, 0.6) is 0 Å². The standard InChI is InChI=1S/C28H34N8O2/c1-29-28-30-17-21(18-31-28)24-16-20-8-9-36(11-10-34(2)3)25(19-37)26(20)27(33-24)32-22-4-6-23(7-5-22)35-12-14-38-15-13-35/h4-9,16-19,25H,10-15H2,1-3H3,(H,32,33)(H,29,30,31). The Kier molecular flexibility index (Phi) is 7.81. The van der Waals surface area contributed by atoms with E-state index in [4.69, 9.17) is 9.72 Å². The van der Waals surface area contributed by atoms with Crippen LogP contribution in [0.25, 0.3) is 17.3 Å². The van der Waals surface area contributed by atoms with Gasteiger partial charge in [-0.1, -0.05) is 0 Å². The summed E-state index contributed by atoms with van der Waals surface area (Å²) in [7, 11) is 5.84. The summed E-state index contributed by atoms with van der Waals surface area (Å²) in [5.41, 5.74) is 5.38. The van der Waals surface area contributed by atoms with E-state index in [1.165, 1.54) is 0 Å². The summed E-state index contributed by atoms with van der Waals surface area (Å²) in [6.45, 7) is 4.81. The zero-order chi connectivity index (χ0) is 26.5. The van der Waals surface area contributed by atoms with Crippen molar-refractivity contribution in [1.82, 2.24) is 24.8 Å². The first-order valence-corrected chi connectivity index (χ1v) is 12.8. The molecule has 1 fully saturated rings. The number of aromatic nitrogens is 3. The fourth-order valence-corrected chi connectivity index (χ4v) is 4.68. The highest BCUT2D eigenvalue weighted by Gasteiger charge is 2.28. The lowest BCUT2D eigenvalue weighted by Crippen LogP contribution is -2.36. The van der Waals surface area contributed by atoms with Gasteiger partial charge in [0.05, 0.1) is 18.9 Å². The van der Waals surface area contributed by atoms with Crippen LogP contribution in [0.4, 0.5) is 23.1 Å². The van der Waals surface area contributed by atoms with Gasteiger partial charge in [-0.15, -0.1) is 0 Å². The monoisotopic (exact) mass is 514 g/mol. The summed E-state index contributed by atoms with van der Waals surface area (Å²) in [6.07, 6.45) is 8.54. The van der Waals surface area contributed by atoms with Gasteiger partial charge in [-0.25, -0.2) is 15.0 Å². The number of benzene rings is 1. The topological polar surface area (TPSA) is 98.7 Å². The van der Waals surface area contributed by atoms with Crippen LogP contribution in [0.15, 0.2) is 48.9 Å². The molecule has 1 saturated heterocycles. The van der Waals surface area contributed by atoms with Crippen LogP contribution in [-0.2, 0) is 9.53 Å². The number of hydrogen-bond acceptors (Lipinski definition) is 10. The van der Waals surface area contributed by atoms with Gasteiger partial charge >= 0.3 is 0 Å². The van der Waals surface area contributed by atoms with Crippen molar-refractivity contribution in [3.8, 4) is 11.3 Å². The number of morpholine rings is 1. The van der Waals surface area contributed by atoms with E-state index in [1.807, 2.05) is 32.4 Å². The maximum absolute atomic E-state index is 12.4. The molecule has 3 aromatic rings. The van der Waals surface area contributed by atoms with Crippen LogP contribution < -0.4 is 15.5 Å². The first-order chi connectivity index (χ1) is 18.6. The second-order valence-corrected chi connectivity index (χ2v) is 9.61. The third kappa shape index (κ3) is 5.61. The number of nitrogens with one attached hydrogen (secondary N) is 2. The minimum absolute atomic E-state index is 0.449. The number of carbonyl (C=O) groups is 1. The molecule has 1 unspecified atom stereocenters. The average molecular weight is 515 g/mol. The Balaban J connectivity index is 1.51. The molecule has 10 heteroatoms. The second-order valence-electron chi connectivity index (χ2n) is 9.61. The number of nitrogens with zero attached hydrogens (tertiary/aromatic N) is 6. The Labute approximate surface area is 223 Å². The molecule has 0 saturated carbocycles. The maximum atomic E-state index is 12.4. The number of pyridine rings is 1. The first-order valence-electron chi connectivity index (χ1n) is 12.8. The van der Waals surface area contributed by atoms with Gasteiger partial charge in [0.2, 0.25) is 5.95 Å². The van der Waals surface area contributed by atoms with Crippen molar-refractivity contribution in [2.75, 3.05) is 76.1 Å². The molecule has 4 heterocycles. The number of ether oxygens (including phenoxy) is 1. The number of likely N-dealkylation sites (N-methyl/N-ethyl adjacent to an activating group) is 1. The molecule has 38 heavy (non-hydrogen) atoms. The van der Waals surface area contributed by atoms with Gasteiger partial charge in [0, 0.05) is 74.3 Å². The Morgan fingerprint density at radius 1 is 1.13 bits per heavy atom. The molecule has 2 N–H and O–H groups in total. The van der Waals surface area contributed by atoms with Gasteiger partial charge in [-0.05, 0) is 56.1 Å². The van der Waals surface area contributed by atoms with E-state index < -0.39 is 6.04 Å². The van der Waals surface area contributed by atoms with E-state index in [9.17, 15) is 4.79 Å². The Morgan fingerprint density at radius 2 is 1.87 bits per heavy atom. The third-order valence-electron chi connectivity index (χ3n) is 6.80. The highest BCUT2D eigenvalue weighted by molar-refractivity contribution is 5.80. The van der Waals surface area contributed by atoms with Crippen molar-refractivity contribution in [1.29, 1.82) is 0 Å². The number of aldehydes is 1. The van der Waals surface area contributed by atoms with E-state index in [1.54, 1.807) is 19.4 Å². The van der Waals surface area contributed by atoms with Gasteiger partial charge in [-0.2, -0.15) is 0 Å². The molecule has 5 rings (SSSR count). The molecule has 0 amide bonds. The van der Waals surface area contributed by atoms with E-state index in [0.717, 1.165) is 79.4 Å². The van der Waals surface area contributed by atoms with Crippen molar-refractivity contribution < 1.29 is 9.53 Å². The van der Waals surface area contributed by atoms with Crippen LogP contribution in [0.3, 0.4) is 0 Å². The number of carbonyl (C=O) groups excluding carboxylic acids is 1. The largest absolute Gasteiger partial charge is 0.378 e. The minimum Gasteiger partial charge on any atom is -0.378 e. The molecule has 198 valence electrons. The van der Waals surface area contributed by atoms with Gasteiger partial charge in [-0.3, -0.25) is 0 Å². The quantitative estimate of drug-likeness (QED) is 0.414. The molecule has 2 aliphatic heterocycles. The summed E-state index contributed by atoms with van der Waals surface area (Å²) < 4.78 is 5.48. The van der Waals surface area contributed by atoms with Gasteiger partial charge < -0.3 is 34.9 Å². The van der Waals surface area contributed by atoms with Gasteiger partial charge in [0.1, 0.15) is 18.1 Å². The van der Waals surface area contributed by atoms with Gasteiger partial charge in [0.25, 0.3) is 0 Å². The predicted octanol–water partition coefficient (Wildman–Crippen LogP) is 3.25. The minimum atomic E-state index is -0.449. The van der Waals surface area contributed by atoms with Crippen LogP contribution >= 0.6 is 0 Å². The van der Waals surface area contributed by atoms with E-state index >= 15 is 0 Å². The molecular weight excluding hydrogens is 480 g/mol. The highest BCUT2D eigenvalue weighted by atomic mass is 16.5. The summed E-state index contributed by atoms with van der Waals surface area (Å²) >= 11 is 0. The van der Waals surface area contributed by atoms with Crippen LogP contribution in [0, 0.1) is 0 Å². The lowest BCUT2D eigenvalue weighted by molar-refractivity contribution is -0.111. The van der Waals surface area contributed by atoms with E-state index in [0.29, 0.717) is 11.8 Å². The molecule has 1 aromatic carbocycles. The predicted molar refractivity (Wildman–Crippen MR) is 151 cm³/mol. The fourth-order valence-electron chi connectivity index (χ4n) is 4.68. The second kappa shape index (κ2) is 11.6.